The van der Waals surface area contributed by atoms with E-state index in [1.807, 2.05) is 6.07 Å². The van der Waals surface area contributed by atoms with Crippen LogP contribution in [0.15, 0.2) is 36.5 Å². The summed E-state index contributed by atoms with van der Waals surface area (Å²) in [6, 6.07) is 8.16. The predicted molar refractivity (Wildman–Crippen MR) is 134 cm³/mol. The molecule has 2 heterocycles. The van der Waals surface area contributed by atoms with Gasteiger partial charge in [-0.2, -0.15) is 22.5 Å². The Morgan fingerprint density at radius 3 is 2.58 bits per heavy atom. The molecule has 1 amide bonds. The topological polar surface area (TPSA) is 96.8 Å². The third kappa shape index (κ3) is 6.31. The van der Waals surface area contributed by atoms with E-state index in [9.17, 15) is 17.6 Å². The molecule has 2 aliphatic rings. The lowest BCUT2D eigenvalue weighted by molar-refractivity contribution is -0.0152. The van der Waals surface area contributed by atoms with Crippen molar-refractivity contribution in [2.24, 2.45) is 13.0 Å². The Bertz CT molecular complexity index is 1150. The molecule has 2 aromatic rings. The van der Waals surface area contributed by atoms with E-state index in [1.165, 1.54) is 20.2 Å². The summed E-state index contributed by atoms with van der Waals surface area (Å²) in [6.07, 6.45) is 5.70. The number of rotatable bonds is 8. The van der Waals surface area contributed by atoms with E-state index >= 15 is 0 Å². The van der Waals surface area contributed by atoms with Crippen LogP contribution < -0.4 is 4.72 Å². The molecule has 2 atom stereocenters. The van der Waals surface area contributed by atoms with Crippen molar-refractivity contribution >= 4 is 16.1 Å². The van der Waals surface area contributed by atoms with Gasteiger partial charge >= 0.3 is 0 Å². The molecule has 1 aliphatic heterocycles. The lowest BCUT2D eigenvalue weighted by atomic mass is 9.82. The van der Waals surface area contributed by atoms with Crippen molar-refractivity contribution in [1.29, 1.82) is 0 Å². The highest BCUT2D eigenvalue weighted by Crippen LogP contribution is 2.34. The summed E-state index contributed by atoms with van der Waals surface area (Å²) in [5, 5.41) is 4.09. The minimum absolute atomic E-state index is 0.0593. The number of nitrogens with one attached hydrogen (secondary N) is 1. The zero-order valence-corrected chi connectivity index (χ0v) is 22.0. The van der Waals surface area contributed by atoms with E-state index < -0.39 is 10.2 Å². The Balaban J connectivity index is 1.39. The maximum absolute atomic E-state index is 13.6. The fraction of sp³-hybridized carbons (Fsp3) is 0.600. The van der Waals surface area contributed by atoms with Gasteiger partial charge in [-0.25, -0.2) is 4.39 Å². The van der Waals surface area contributed by atoms with Gasteiger partial charge in [0.1, 0.15) is 11.5 Å². The van der Waals surface area contributed by atoms with Gasteiger partial charge in [0.05, 0.1) is 12.7 Å². The summed E-state index contributed by atoms with van der Waals surface area (Å²) in [5.74, 6) is -0.197. The van der Waals surface area contributed by atoms with Crippen molar-refractivity contribution < 1.29 is 22.3 Å². The number of hydrogen-bond acceptors (Lipinski definition) is 5. The average molecular weight is 522 g/mol. The zero-order valence-electron chi connectivity index (χ0n) is 21.1. The number of aromatic nitrogens is 2. The zero-order chi connectivity index (χ0) is 25.9. The monoisotopic (exact) mass is 521 g/mol. The number of hydrogen-bond donors (Lipinski definition) is 1. The number of carbonyl (C=O) groups excluding carboxylic acids is 1. The molecule has 0 spiro atoms. The van der Waals surface area contributed by atoms with Gasteiger partial charge in [-0.1, -0.05) is 12.1 Å². The summed E-state index contributed by atoms with van der Waals surface area (Å²) < 4.78 is 50.5. The van der Waals surface area contributed by atoms with Gasteiger partial charge in [-0.15, -0.1) is 0 Å². The number of likely N-dealkylation sites (tertiary alicyclic amines) is 1. The molecule has 36 heavy (non-hydrogen) atoms. The Kier molecular flexibility index (Phi) is 8.44. The van der Waals surface area contributed by atoms with Crippen molar-refractivity contribution in [3.8, 4) is 0 Å². The minimum Gasteiger partial charge on any atom is -0.378 e. The van der Waals surface area contributed by atoms with Crippen LogP contribution >= 0.6 is 0 Å². The first-order chi connectivity index (χ1) is 17.1. The first-order valence-corrected chi connectivity index (χ1v) is 13.9. The number of ether oxygens (including phenoxy) is 1. The second-order valence-electron chi connectivity index (χ2n) is 10.0. The van der Waals surface area contributed by atoms with Crippen LogP contribution in [0.5, 0.6) is 0 Å². The van der Waals surface area contributed by atoms with Crippen LogP contribution in [0.2, 0.25) is 0 Å². The lowest BCUT2D eigenvalue weighted by Crippen LogP contribution is -2.55. The second-order valence-corrected chi connectivity index (χ2v) is 11.9. The third-order valence-corrected chi connectivity index (χ3v) is 8.94. The van der Waals surface area contributed by atoms with Crippen molar-refractivity contribution in [2.45, 2.75) is 50.2 Å². The van der Waals surface area contributed by atoms with Gasteiger partial charge < -0.3 is 9.64 Å². The lowest BCUT2D eigenvalue weighted by Gasteiger charge is -2.40. The van der Waals surface area contributed by atoms with Crippen LogP contribution in [0.1, 0.15) is 54.1 Å². The number of halogens is 1. The highest BCUT2D eigenvalue weighted by atomic mass is 32.2. The first-order valence-electron chi connectivity index (χ1n) is 12.5. The largest absolute Gasteiger partial charge is 0.378 e. The summed E-state index contributed by atoms with van der Waals surface area (Å²) in [6.45, 7) is 1.19. The van der Waals surface area contributed by atoms with Crippen LogP contribution in [0.25, 0.3) is 0 Å². The van der Waals surface area contributed by atoms with Crippen LogP contribution in [0.4, 0.5) is 4.39 Å². The summed E-state index contributed by atoms with van der Waals surface area (Å²) in [5.41, 5.74) is 1.53. The van der Waals surface area contributed by atoms with E-state index in [0.717, 1.165) is 35.6 Å². The Morgan fingerprint density at radius 2 is 1.94 bits per heavy atom. The fourth-order valence-electron chi connectivity index (χ4n) is 5.17. The smallest absolute Gasteiger partial charge is 0.279 e. The Morgan fingerprint density at radius 1 is 1.19 bits per heavy atom. The second kappa shape index (κ2) is 11.4. The molecule has 9 nitrogen and oxygen atoms in total. The quantitative estimate of drug-likeness (QED) is 0.576. The molecule has 11 heteroatoms. The first kappa shape index (κ1) is 26.7. The number of nitrogens with zero attached hydrogens (tertiary/aromatic N) is 4. The molecule has 0 unspecified atom stereocenters. The van der Waals surface area contributed by atoms with Gasteiger partial charge in [0.15, 0.2) is 0 Å². The SMILES string of the molecule is CN(C)S(=O)(=O)N[C@H]1CCN(C(=O)c2ccnn2C)C[C@H]1COC1CCC(c2cccc(F)c2)CC1. The molecule has 1 saturated heterocycles. The van der Waals surface area contributed by atoms with E-state index in [4.69, 9.17) is 4.74 Å². The normalized spacial score (nSPS) is 25.3. The Hall–Kier alpha value is -2.34. The molecular formula is C25H36FN5O4S. The van der Waals surface area contributed by atoms with E-state index in [2.05, 4.69) is 9.82 Å². The molecule has 0 bridgehead atoms. The van der Waals surface area contributed by atoms with Crippen LogP contribution in [0.3, 0.4) is 0 Å². The van der Waals surface area contributed by atoms with Gasteiger partial charge in [0, 0.05) is 52.4 Å². The number of piperidine rings is 1. The van der Waals surface area contributed by atoms with Gasteiger partial charge in [0.2, 0.25) is 0 Å². The third-order valence-electron chi connectivity index (χ3n) is 7.38. The molecular weight excluding hydrogens is 485 g/mol. The van der Waals surface area contributed by atoms with Crippen LogP contribution in [0, 0.1) is 11.7 Å². The van der Waals surface area contributed by atoms with Gasteiger partial charge in [-0.05, 0) is 61.8 Å². The van der Waals surface area contributed by atoms with E-state index in [-0.39, 0.29) is 29.8 Å². The molecule has 1 aromatic carbocycles. The highest BCUT2D eigenvalue weighted by Gasteiger charge is 2.36. The van der Waals surface area contributed by atoms with Crippen molar-refractivity contribution in [3.63, 3.8) is 0 Å². The molecule has 198 valence electrons. The molecule has 1 aliphatic carbocycles. The molecule has 1 aromatic heterocycles. The van der Waals surface area contributed by atoms with Gasteiger partial charge in [0.25, 0.3) is 16.1 Å². The molecule has 2 fully saturated rings. The predicted octanol–water partition coefficient (Wildman–Crippen LogP) is 2.53. The highest BCUT2D eigenvalue weighted by molar-refractivity contribution is 7.87. The van der Waals surface area contributed by atoms with Crippen LogP contribution in [-0.2, 0) is 22.0 Å². The maximum Gasteiger partial charge on any atom is 0.279 e. The number of carbonyl (C=O) groups is 1. The van der Waals surface area contributed by atoms with Crippen LogP contribution in [-0.4, -0.2) is 79.2 Å². The average Bonchev–Trinajstić information content (AvgIpc) is 3.28. The minimum atomic E-state index is -3.62. The van der Waals surface area contributed by atoms with Gasteiger partial charge in [-0.3, -0.25) is 9.48 Å². The van der Waals surface area contributed by atoms with Crippen molar-refractivity contribution in [2.75, 3.05) is 33.8 Å². The number of amides is 1. The summed E-state index contributed by atoms with van der Waals surface area (Å²) in [4.78, 5) is 14.8. The van der Waals surface area contributed by atoms with Crippen molar-refractivity contribution in [3.05, 3.63) is 53.6 Å². The molecule has 1 saturated carbocycles. The number of aryl methyl sites for hydroxylation is 1. The maximum atomic E-state index is 13.6. The van der Waals surface area contributed by atoms with E-state index in [1.54, 1.807) is 41.0 Å². The standard InChI is InChI=1S/C25H36FN5O4S/c1-29(2)36(33,34)28-23-12-14-31(25(32)24-11-13-27-30(24)3)16-20(23)17-35-22-9-7-18(8-10-22)19-5-4-6-21(26)15-19/h4-6,11,13,15,18,20,22-23,28H,7-10,12,14,16-17H2,1-3H3/t18?,20-,22?,23-/m0/s1. The van der Waals surface area contributed by atoms with E-state index in [0.29, 0.717) is 37.7 Å². The molecule has 0 radical (unpaired) electrons. The summed E-state index contributed by atoms with van der Waals surface area (Å²) >= 11 is 0. The summed E-state index contributed by atoms with van der Waals surface area (Å²) in [7, 11) is 1.09. The Labute approximate surface area is 212 Å². The molecule has 4 rings (SSSR count). The molecule has 1 N–H and O–H groups in total. The number of benzene rings is 1. The van der Waals surface area contributed by atoms with Crippen molar-refractivity contribution in [1.82, 2.24) is 23.7 Å². The fourth-order valence-corrected chi connectivity index (χ4v) is 6.07.